The minimum atomic E-state index is -4.17. The Bertz CT molecular complexity index is 801. The molecule has 1 aliphatic heterocycles. The molecule has 0 radical (unpaired) electrons. The third-order valence-electron chi connectivity index (χ3n) is 4.00. The lowest BCUT2D eigenvalue weighted by Crippen LogP contribution is -2.26. The number of aromatic nitrogens is 4. The number of phosphoric acid groups is 1. The van der Waals surface area contributed by atoms with Gasteiger partial charge in [-0.2, -0.15) is 4.98 Å². The van der Waals surface area contributed by atoms with E-state index < -0.39 is 26.3 Å². The van der Waals surface area contributed by atoms with Crippen LogP contribution in [0.15, 0.2) is 12.5 Å². The lowest BCUT2D eigenvalue weighted by molar-refractivity contribution is -0.0439. The summed E-state index contributed by atoms with van der Waals surface area (Å²) in [5, 5.41) is 10.2. The summed E-state index contributed by atoms with van der Waals surface area (Å²) in [6.45, 7) is 1.79. The molecule has 0 aromatic carbocycles. The maximum Gasteiger partial charge on any atom is 0.472 e. The highest BCUT2D eigenvalue weighted by atomic mass is 31.2. The minimum absolute atomic E-state index is 0.100. The predicted octanol–water partition coefficient (Wildman–Crippen LogP) is 0.991. The number of unbranched alkanes of at least 4 members (excludes halogenated alkanes) is 1. The number of nitrogens with two attached hydrogens (primary N) is 1. The Labute approximate surface area is 149 Å². The molecule has 0 saturated carbocycles. The van der Waals surface area contributed by atoms with Crippen LogP contribution >= 0.6 is 7.82 Å². The molecule has 1 aliphatic rings. The Hall–Kier alpha value is -1.62. The van der Waals surface area contributed by atoms with Gasteiger partial charge in [-0.25, -0.2) is 14.5 Å². The van der Waals surface area contributed by atoms with Crippen molar-refractivity contribution in [2.24, 2.45) is 0 Å². The molecule has 3 rings (SSSR count). The van der Waals surface area contributed by atoms with Crippen LogP contribution in [0.4, 0.5) is 5.95 Å². The zero-order valence-corrected chi connectivity index (χ0v) is 15.2. The molecule has 4 atom stereocenters. The lowest BCUT2D eigenvalue weighted by atomic mass is 10.2. The molecule has 12 heteroatoms. The van der Waals surface area contributed by atoms with Crippen molar-refractivity contribution in [3.05, 3.63) is 12.5 Å². The summed E-state index contributed by atoms with van der Waals surface area (Å²) in [5.41, 5.74) is 6.63. The Kier molecular flexibility index (Phi) is 5.86. The van der Waals surface area contributed by atoms with Gasteiger partial charge >= 0.3 is 7.82 Å². The largest absolute Gasteiger partial charge is 0.472 e. The molecule has 0 aliphatic carbocycles. The van der Waals surface area contributed by atoms with Crippen molar-refractivity contribution in [3.8, 4) is 0 Å². The Morgan fingerprint density at radius 1 is 1.46 bits per heavy atom. The number of nitrogen functional groups attached to an aromatic ring is 1. The Balaban J connectivity index is 1.62. The van der Waals surface area contributed by atoms with Crippen LogP contribution in [-0.2, 0) is 18.3 Å². The van der Waals surface area contributed by atoms with Crippen LogP contribution in [0.25, 0.3) is 11.2 Å². The topological polar surface area (TPSA) is 155 Å². The number of fused-ring (bicyclic) bond motifs is 1. The van der Waals surface area contributed by atoms with Crippen LogP contribution in [0.2, 0.25) is 0 Å². The molecular weight excluding hydrogens is 365 g/mol. The highest BCUT2D eigenvalue weighted by molar-refractivity contribution is 7.47. The summed E-state index contributed by atoms with van der Waals surface area (Å²) in [6.07, 6.45) is 2.52. The summed E-state index contributed by atoms with van der Waals surface area (Å²) in [4.78, 5) is 21.8. The van der Waals surface area contributed by atoms with E-state index in [9.17, 15) is 14.6 Å². The Morgan fingerprint density at radius 2 is 2.27 bits per heavy atom. The highest BCUT2D eigenvalue weighted by Crippen LogP contribution is 2.44. The Morgan fingerprint density at radius 3 is 3.04 bits per heavy atom. The number of aliphatic hydroxyl groups excluding tert-OH is 1. The fourth-order valence-electron chi connectivity index (χ4n) is 2.62. The quantitative estimate of drug-likeness (QED) is 0.441. The van der Waals surface area contributed by atoms with Crippen LogP contribution in [0, 0.1) is 0 Å². The summed E-state index contributed by atoms with van der Waals surface area (Å²) in [7, 11) is -4.17. The number of anilines is 1. The van der Waals surface area contributed by atoms with Crippen LogP contribution in [-0.4, -0.2) is 54.9 Å². The molecule has 2 aromatic rings. The van der Waals surface area contributed by atoms with E-state index in [1.807, 2.05) is 6.92 Å². The van der Waals surface area contributed by atoms with Crippen molar-refractivity contribution in [3.63, 3.8) is 0 Å². The molecular formula is C14H22N5O6P. The molecule has 1 fully saturated rings. The zero-order valence-electron chi connectivity index (χ0n) is 14.3. The van der Waals surface area contributed by atoms with Crippen LogP contribution in [0.1, 0.15) is 32.4 Å². The maximum atomic E-state index is 11.8. The molecule has 0 amide bonds. The average molecular weight is 387 g/mol. The number of imidazole rings is 1. The first kappa shape index (κ1) is 19.2. The molecule has 1 unspecified atom stereocenters. The van der Waals surface area contributed by atoms with Crippen LogP contribution < -0.4 is 5.73 Å². The molecule has 4 N–H and O–H groups in total. The molecule has 144 valence electrons. The smallest absolute Gasteiger partial charge is 0.390 e. The number of aliphatic hydroxyl groups is 1. The number of ether oxygens (including phenoxy) is 1. The summed E-state index contributed by atoms with van der Waals surface area (Å²) in [6, 6.07) is 0. The van der Waals surface area contributed by atoms with Crippen molar-refractivity contribution in [2.45, 2.75) is 44.6 Å². The zero-order chi connectivity index (χ0) is 18.7. The third kappa shape index (κ3) is 4.37. The van der Waals surface area contributed by atoms with Crippen molar-refractivity contribution in [1.29, 1.82) is 0 Å². The maximum absolute atomic E-state index is 11.8. The van der Waals surface area contributed by atoms with Crippen molar-refractivity contribution in [1.82, 2.24) is 19.5 Å². The number of hydrogen-bond donors (Lipinski definition) is 3. The van der Waals surface area contributed by atoms with Gasteiger partial charge in [0.05, 0.1) is 31.8 Å². The van der Waals surface area contributed by atoms with Gasteiger partial charge in [0.15, 0.2) is 5.65 Å². The first-order valence-electron chi connectivity index (χ1n) is 8.30. The first-order valence-corrected chi connectivity index (χ1v) is 9.79. The van der Waals surface area contributed by atoms with Crippen LogP contribution in [0.5, 0.6) is 0 Å². The van der Waals surface area contributed by atoms with E-state index in [0.29, 0.717) is 17.6 Å². The molecule has 26 heavy (non-hydrogen) atoms. The van der Waals surface area contributed by atoms with E-state index in [0.717, 1.165) is 6.42 Å². The molecule has 2 aromatic heterocycles. The standard InChI is InChI=1S/C14H22N5O6P/c1-2-3-4-23-26(21,22)24-7-11-10(20)5-12(25-11)19-8-17-9-6-16-14(15)18-13(9)19/h6,8,10-12,20H,2-5,7H2,1H3,(H,21,22)(H2,15,16,18)/t10-,11+,12+/m0/s1. The second-order valence-electron chi connectivity index (χ2n) is 5.97. The number of hydrogen-bond acceptors (Lipinski definition) is 9. The molecule has 0 spiro atoms. The average Bonchev–Trinajstić information content (AvgIpc) is 3.16. The van der Waals surface area contributed by atoms with Gasteiger partial charge in [0.2, 0.25) is 5.95 Å². The van der Waals surface area contributed by atoms with Crippen molar-refractivity contribution in [2.75, 3.05) is 18.9 Å². The SMILES string of the molecule is CCCCOP(=O)(O)OC[C@H]1O[C@@H](n2cnc3cnc(N)nc32)C[C@@H]1O. The van der Waals surface area contributed by atoms with E-state index in [-0.39, 0.29) is 25.6 Å². The van der Waals surface area contributed by atoms with Gasteiger partial charge in [-0.1, -0.05) is 13.3 Å². The minimum Gasteiger partial charge on any atom is -0.390 e. The predicted molar refractivity (Wildman–Crippen MR) is 90.9 cm³/mol. The van der Waals surface area contributed by atoms with Crippen molar-refractivity contribution >= 4 is 24.9 Å². The first-order chi connectivity index (χ1) is 12.4. The second-order valence-corrected chi connectivity index (χ2v) is 7.43. The van der Waals surface area contributed by atoms with E-state index in [4.69, 9.17) is 19.5 Å². The van der Waals surface area contributed by atoms with E-state index in [2.05, 4.69) is 15.0 Å². The summed E-state index contributed by atoms with van der Waals surface area (Å²) >= 11 is 0. The number of nitrogens with zero attached hydrogens (tertiary/aromatic N) is 4. The van der Waals surface area contributed by atoms with E-state index in [1.54, 1.807) is 4.57 Å². The summed E-state index contributed by atoms with van der Waals surface area (Å²) in [5.74, 6) is 0.100. The van der Waals surface area contributed by atoms with Gasteiger partial charge in [0.1, 0.15) is 17.8 Å². The van der Waals surface area contributed by atoms with Crippen LogP contribution in [0.3, 0.4) is 0 Å². The highest BCUT2D eigenvalue weighted by Gasteiger charge is 2.37. The van der Waals surface area contributed by atoms with Gasteiger partial charge in [-0.3, -0.25) is 13.6 Å². The number of phosphoric ester groups is 1. The molecule has 3 heterocycles. The molecule has 0 bridgehead atoms. The van der Waals surface area contributed by atoms with Gasteiger partial charge in [-0.15, -0.1) is 0 Å². The van der Waals surface area contributed by atoms with Gasteiger partial charge in [0, 0.05) is 6.42 Å². The van der Waals surface area contributed by atoms with Gasteiger partial charge in [0.25, 0.3) is 0 Å². The fourth-order valence-corrected chi connectivity index (χ4v) is 3.39. The normalized spacial score (nSPS) is 25.6. The number of rotatable bonds is 8. The second kappa shape index (κ2) is 7.95. The van der Waals surface area contributed by atoms with E-state index >= 15 is 0 Å². The lowest BCUT2D eigenvalue weighted by Gasteiger charge is -2.18. The molecule has 11 nitrogen and oxygen atoms in total. The monoisotopic (exact) mass is 387 g/mol. The van der Waals surface area contributed by atoms with Crippen molar-refractivity contribution < 1.29 is 28.3 Å². The molecule has 1 saturated heterocycles. The summed E-state index contributed by atoms with van der Waals surface area (Å²) < 4.78 is 29.0. The van der Waals surface area contributed by atoms with Gasteiger partial charge < -0.3 is 20.5 Å². The fraction of sp³-hybridized carbons (Fsp3) is 0.643. The van der Waals surface area contributed by atoms with Gasteiger partial charge in [-0.05, 0) is 6.42 Å². The third-order valence-corrected chi connectivity index (χ3v) is 4.99. The van der Waals surface area contributed by atoms with E-state index in [1.165, 1.54) is 12.5 Å².